The predicted octanol–water partition coefficient (Wildman–Crippen LogP) is 5.56. The molecule has 0 aliphatic rings. The number of unbranched alkanes of at least 4 members (excludes halogenated alkanes) is 1. The Labute approximate surface area is 275 Å². The van der Waals surface area contributed by atoms with Crippen molar-refractivity contribution in [3.05, 3.63) is 106 Å². The lowest BCUT2D eigenvalue weighted by molar-refractivity contribution is -0.497. The average molecular weight is 664 g/mol. The van der Waals surface area contributed by atoms with Crippen LogP contribution in [-0.2, 0) is 53.8 Å². The van der Waals surface area contributed by atoms with Crippen LogP contribution in [-0.4, -0.2) is 56.8 Å². The molecule has 0 saturated heterocycles. The minimum atomic E-state index is -0.926. The van der Waals surface area contributed by atoms with Crippen molar-refractivity contribution in [2.24, 2.45) is 0 Å². The fourth-order valence-electron chi connectivity index (χ4n) is 4.91. The molecule has 5 rings (SSSR count). The number of imidazole rings is 1. The molecule has 0 aliphatic carbocycles. The number of benzene rings is 3. The summed E-state index contributed by atoms with van der Waals surface area (Å²) in [7, 11) is 0. The third-order valence-corrected chi connectivity index (χ3v) is 7.53. The van der Waals surface area contributed by atoms with Gasteiger partial charge in [-0.05, 0) is 39.5 Å². The lowest BCUT2D eigenvalue weighted by Crippen LogP contribution is -2.14. The molecule has 0 atom stereocenters. The van der Waals surface area contributed by atoms with E-state index in [-0.39, 0.29) is 31.9 Å². The first-order valence-electron chi connectivity index (χ1n) is 14.8. The summed E-state index contributed by atoms with van der Waals surface area (Å²) in [6.07, 6.45) is 1.87. The summed E-state index contributed by atoms with van der Waals surface area (Å²) in [5, 5.41) is 39.8. The van der Waals surface area contributed by atoms with Gasteiger partial charge in [-0.2, -0.15) is 0 Å². The van der Waals surface area contributed by atoms with Crippen molar-refractivity contribution in [2.45, 2.75) is 59.3 Å². The van der Waals surface area contributed by atoms with E-state index in [0.717, 1.165) is 52.1 Å². The minimum absolute atomic E-state index is 0.0739. The zero-order valence-corrected chi connectivity index (χ0v) is 26.3. The molecule has 0 saturated carbocycles. The summed E-state index contributed by atoms with van der Waals surface area (Å²) in [5.74, 6) is 1.21. The van der Waals surface area contributed by atoms with Gasteiger partial charge in [0.1, 0.15) is 12.4 Å². The molecule has 0 radical (unpaired) electrons. The predicted molar refractivity (Wildman–Crippen MR) is 167 cm³/mol. The fraction of sp³-hybridized carbons (Fsp3) is 0.281. The van der Waals surface area contributed by atoms with E-state index in [9.17, 15) is 9.90 Å². The third kappa shape index (κ3) is 8.98. The highest BCUT2D eigenvalue weighted by Crippen LogP contribution is 2.30. The SMILES string of the molecule is CCCCc1nc(Cl)c(CO)n1Cc1ccc(-c2ccccc2-c2nnn(COC(=O)OCc3cccc(CON(O)O)c3)n2)cc1. The summed E-state index contributed by atoms with van der Waals surface area (Å²) in [6.45, 7) is 1.99. The Morgan fingerprint density at radius 3 is 2.40 bits per heavy atom. The van der Waals surface area contributed by atoms with Gasteiger partial charge in [-0.1, -0.05) is 97.7 Å². The quantitative estimate of drug-likeness (QED) is 0.0942. The van der Waals surface area contributed by atoms with Gasteiger partial charge in [0.2, 0.25) is 12.6 Å². The second-order valence-corrected chi connectivity index (χ2v) is 10.9. The molecule has 15 heteroatoms. The first-order valence-corrected chi connectivity index (χ1v) is 15.2. The zero-order chi connectivity index (χ0) is 33.2. The first kappa shape index (κ1) is 33.7. The van der Waals surface area contributed by atoms with Gasteiger partial charge in [0, 0.05) is 18.5 Å². The topological polar surface area (TPSA) is 170 Å². The molecular formula is C32H34ClN7O7. The lowest BCUT2D eigenvalue weighted by Gasteiger charge is -2.12. The summed E-state index contributed by atoms with van der Waals surface area (Å²) < 4.78 is 12.3. The van der Waals surface area contributed by atoms with E-state index in [4.69, 9.17) is 31.5 Å². The second-order valence-electron chi connectivity index (χ2n) is 10.5. The Bertz CT molecular complexity index is 1780. The van der Waals surface area contributed by atoms with E-state index in [2.05, 4.69) is 32.2 Å². The number of aliphatic hydroxyl groups excluding tert-OH is 1. The highest BCUT2D eigenvalue weighted by atomic mass is 35.5. The van der Waals surface area contributed by atoms with Gasteiger partial charge in [0.25, 0.3) is 0 Å². The number of hydrogen-bond acceptors (Lipinski definition) is 12. The number of rotatable bonds is 15. The molecule has 3 aromatic carbocycles. The zero-order valence-electron chi connectivity index (χ0n) is 25.6. The lowest BCUT2D eigenvalue weighted by atomic mass is 9.98. The third-order valence-electron chi connectivity index (χ3n) is 7.23. The maximum absolute atomic E-state index is 12.2. The first-order chi connectivity index (χ1) is 22.8. The van der Waals surface area contributed by atoms with Gasteiger partial charge in [-0.25, -0.2) is 14.6 Å². The van der Waals surface area contributed by atoms with Crippen LogP contribution in [0.25, 0.3) is 22.5 Å². The molecular weight excluding hydrogens is 630 g/mol. The molecule has 0 spiro atoms. The molecule has 2 aromatic heterocycles. The number of halogens is 1. The van der Waals surface area contributed by atoms with Crippen molar-refractivity contribution in [1.29, 1.82) is 0 Å². The van der Waals surface area contributed by atoms with Crippen LogP contribution < -0.4 is 0 Å². The number of carbonyl (C=O) groups is 1. The van der Waals surface area contributed by atoms with Gasteiger partial charge in [0.15, 0.2) is 5.15 Å². The van der Waals surface area contributed by atoms with Crippen molar-refractivity contribution in [1.82, 2.24) is 35.1 Å². The Hall–Kier alpha value is -4.70. The van der Waals surface area contributed by atoms with Crippen molar-refractivity contribution < 1.29 is 34.6 Å². The average Bonchev–Trinajstić information content (AvgIpc) is 3.68. The number of aromatic nitrogens is 6. The summed E-state index contributed by atoms with van der Waals surface area (Å²) in [6, 6.07) is 22.6. The Kier molecular flexibility index (Phi) is 11.6. The molecule has 0 unspecified atom stereocenters. The Morgan fingerprint density at radius 2 is 1.68 bits per heavy atom. The van der Waals surface area contributed by atoms with Crippen LogP contribution in [0.3, 0.4) is 0 Å². The van der Waals surface area contributed by atoms with Gasteiger partial charge in [-0.3, -0.25) is 10.4 Å². The van der Waals surface area contributed by atoms with E-state index in [1.165, 1.54) is 0 Å². The monoisotopic (exact) mass is 663 g/mol. The fourth-order valence-corrected chi connectivity index (χ4v) is 5.17. The maximum Gasteiger partial charge on any atom is 0.510 e. The van der Waals surface area contributed by atoms with Crippen LogP contribution in [0.2, 0.25) is 5.15 Å². The van der Waals surface area contributed by atoms with Crippen molar-refractivity contribution in [3.63, 3.8) is 0 Å². The van der Waals surface area contributed by atoms with Gasteiger partial charge < -0.3 is 19.1 Å². The van der Waals surface area contributed by atoms with Crippen LogP contribution in [0, 0.1) is 0 Å². The number of hydrogen-bond donors (Lipinski definition) is 3. The smallest absolute Gasteiger partial charge is 0.429 e. The maximum atomic E-state index is 12.2. The standard InChI is InChI=1S/C32H34ClN7O7/c1-2-3-11-29-34-30(33)28(18-41)38(29)17-22-12-14-25(15-13-22)26-9-4-5-10-27(26)31-35-37-39(36-31)21-46-32(42)45-19-23-7-6-8-24(16-23)20-47-40(43)44/h4-10,12-16,41,43-44H,2-3,11,17-21H2,1H3. The van der Waals surface area contributed by atoms with E-state index < -0.39 is 6.16 Å². The largest absolute Gasteiger partial charge is 0.510 e. The van der Waals surface area contributed by atoms with E-state index >= 15 is 0 Å². The van der Waals surface area contributed by atoms with Gasteiger partial charge in [0.05, 0.1) is 24.3 Å². The number of nitrogens with zero attached hydrogens (tertiary/aromatic N) is 7. The molecule has 3 N–H and O–H groups in total. The second kappa shape index (κ2) is 16.2. The molecule has 0 fully saturated rings. The van der Waals surface area contributed by atoms with Crippen molar-refractivity contribution >= 4 is 17.8 Å². The van der Waals surface area contributed by atoms with Gasteiger partial charge >= 0.3 is 6.16 Å². The van der Waals surface area contributed by atoms with Crippen LogP contribution in [0.4, 0.5) is 4.79 Å². The highest BCUT2D eigenvalue weighted by molar-refractivity contribution is 6.30. The van der Waals surface area contributed by atoms with E-state index in [1.807, 2.05) is 53.1 Å². The summed E-state index contributed by atoms with van der Waals surface area (Å²) in [5.41, 5.74) is 5.50. The number of aryl methyl sites for hydroxylation is 1. The number of carbonyl (C=O) groups excluding carboxylic acids is 1. The molecule has 0 amide bonds. The van der Waals surface area contributed by atoms with Crippen molar-refractivity contribution in [3.8, 4) is 22.5 Å². The van der Waals surface area contributed by atoms with Crippen LogP contribution in [0.5, 0.6) is 0 Å². The van der Waals surface area contributed by atoms with Crippen LogP contribution >= 0.6 is 11.6 Å². The van der Waals surface area contributed by atoms with Crippen LogP contribution in [0.15, 0.2) is 72.8 Å². The molecule has 0 bridgehead atoms. The molecule has 2 heterocycles. The minimum Gasteiger partial charge on any atom is -0.429 e. The molecule has 14 nitrogen and oxygen atoms in total. The molecule has 0 aliphatic heterocycles. The molecule has 47 heavy (non-hydrogen) atoms. The van der Waals surface area contributed by atoms with E-state index in [0.29, 0.717) is 34.3 Å². The normalized spacial score (nSPS) is 11.3. The Balaban J connectivity index is 1.20. The Morgan fingerprint density at radius 1 is 0.936 bits per heavy atom. The van der Waals surface area contributed by atoms with E-state index in [1.54, 1.807) is 24.3 Å². The molecule has 5 aromatic rings. The summed E-state index contributed by atoms with van der Waals surface area (Å²) >= 11 is 6.31. The van der Waals surface area contributed by atoms with Gasteiger partial charge in [-0.15, -0.1) is 15.0 Å². The number of tetrazole rings is 1. The molecule has 246 valence electrons. The number of ether oxygens (including phenoxy) is 2. The highest BCUT2D eigenvalue weighted by Gasteiger charge is 2.17. The number of aliphatic hydroxyl groups is 1. The van der Waals surface area contributed by atoms with Crippen LogP contribution in [0.1, 0.15) is 48.0 Å². The van der Waals surface area contributed by atoms with Crippen molar-refractivity contribution in [2.75, 3.05) is 0 Å². The summed E-state index contributed by atoms with van der Waals surface area (Å²) in [4.78, 5) is 22.4.